The number of aromatic nitrogens is 3. The van der Waals surface area contributed by atoms with Crippen molar-refractivity contribution in [3.8, 4) is 5.75 Å². The highest BCUT2D eigenvalue weighted by Gasteiger charge is 2.39. The molecule has 0 spiro atoms. The number of methoxy groups -OCH3 is 1. The van der Waals surface area contributed by atoms with Gasteiger partial charge < -0.3 is 19.5 Å². The van der Waals surface area contributed by atoms with Gasteiger partial charge in [-0.3, -0.25) is 4.79 Å². The third kappa shape index (κ3) is 7.47. The molecule has 0 saturated carbocycles. The van der Waals surface area contributed by atoms with Crippen LogP contribution in [-0.2, 0) is 17.9 Å². The lowest BCUT2D eigenvalue weighted by atomic mass is 9.75. The highest BCUT2D eigenvalue weighted by atomic mass is 35.5. The van der Waals surface area contributed by atoms with E-state index in [1.807, 2.05) is 45.0 Å². The Labute approximate surface area is 261 Å². The van der Waals surface area contributed by atoms with Crippen molar-refractivity contribution in [1.82, 2.24) is 19.7 Å². The van der Waals surface area contributed by atoms with Crippen molar-refractivity contribution in [3.05, 3.63) is 69.7 Å². The number of hydrogen-bond donors (Lipinski definition) is 2. The van der Waals surface area contributed by atoms with E-state index in [4.69, 9.17) is 27.9 Å². The van der Waals surface area contributed by atoms with Crippen LogP contribution in [0.5, 0.6) is 5.75 Å². The average molecular weight is 634 g/mol. The fourth-order valence-electron chi connectivity index (χ4n) is 4.62. The summed E-state index contributed by atoms with van der Waals surface area (Å²) in [5, 5.41) is 3.38. The smallest absolute Gasteiger partial charge is 0.216 e. The van der Waals surface area contributed by atoms with Crippen molar-refractivity contribution in [3.63, 3.8) is 0 Å². The molecule has 2 aromatic heterocycles. The first-order chi connectivity index (χ1) is 19.8. The van der Waals surface area contributed by atoms with Crippen LogP contribution in [0.15, 0.2) is 42.7 Å². The lowest BCUT2D eigenvalue weighted by Crippen LogP contribution is -2.53. The number of pyridine rings is 1. The van der Waals surface area contributed by atoms with E-state index >= 15 is 0 Å². The van der Waals surface area contributed by atoms with Crippen LogP contribution in [0.25, 0.3) is 0 Å². The van der Waals surface area contributed by atoms with E-state index in [9.17, 15) is 9.35 Å². The van der Waals surface area contributed by atoms with Crippen molar-refractivity contribution in [2.24, 2.45) is 5.41 Å². The second-order valence-corrected chi connectivity index (χ2v) is 14.5. The van der Waals surface area contributed by atoms with E-state index in [1.54, 1.807) is 19.4 Å². The molecule has 1 aromatic carbocycles. The standard InChI is InChI=1S/C30H38Cl2N6O3S/c1-19(37-42(40)29(2,3)4)30(5)12-15-38(16-13-30)23-18-34-25(27(32)36-23)26(39)22-11-14-33-28(24(22)31)35-17-20-7-9-21(41-6)10-8-20/h7-11,14,18-19,37H,12-13,15-17H2,1-6H3,(H,33,35)/t19?,42-/m1/s1. The second-order valence-electron chi connectivity index (χ2n) is 11.8. The number of halogens is 2. The van der Waals surface area contributed by atoms with Crippen LogP contribution >= 0.6 is 23.2 Å². The average Bonchev–Trinajstić information content (AvgIpc) is 2.96. The predicted molar refractivity (Wildman–Crippen MR) is 170 cm³/mol. The number of hydrogen-bond acceptors (Lipinski definition) is 9. The highest BCUT2D eigenvalue weighted by Crippen LogP contribution is 2.37. The quantitative estimate of drug-likeness (QED) is 0.203. The first kappa shape index (κ1) is 32.3. The summed E-state index contributed by atoms with van der Waals surface area (Å²) in [5.74, 6) is 1.32. The summed E-state index contributed by atoms with van der Waals surface area (Å²) >= 11 is 12.0. The molecular weight excluding hydrogens is 595 g/mol. The topological polar surface area (TPSA) is 115 Å². The zero-order valence-corrected chi connectivity index (χ0v) is 27.2. The maximum absolute atomic E-state index is 13.4. The van der Waals surface area contributed by atoms with Crippen molar-refractivity contribution in [1.29, 1.82) is 0 Å². The zero-order valence-electron chi connectivity index (χ0n) is 24.8. The van der Waals surface area contributed by atoms with Gasteiger partial charge in [0.15, 0.2) is 5.15 Å². The van der Waals surface area contributed by atoms with Crippen molar-refractivity contribution >= 4 is 52.0 Å². The van der Waals surface area contributed by atoms with Gasteiger partial charge in [-0.1, -0.05) is 42.3 Å². The summed E-state index contributed by atoms with van der Waals surface area (Å²) in [7, 11) is 1.62. The number of nitrogens with zero attached hydrogens (tertiary/aromatic N) is 4. The summed E-state index contributed by atoms with van der Waals surface area (Å²) < 4.78 is 20.8. The van der Waals surface area contributed by atoms with E-state index in [-0.39, 0.29) is 37.6 Å². The first-order valence-corrected chi connectivity index (χ1v) is 15.7. The number of benzene rings is 1. The SMILES string of the molecule is COc1ccc(CNc2nccc(C(=O)c3ncc(N4CCC(C)(C(C)N[S@+]([O-])C(C)(C)C)CC4)nc3Cl)c2Cl)cc1. The molecule has 3 heterocycles. The van der Waals surface area contributed by atoms with E-state index in [1.165, 1.54) is 6.20 Å². The number of ketones is 1. The molecule has 2 atom stereocenters. The molecule has 4 rings (SSSR count). The third-order valence-electron chi connectivity index (χ3n) is 7.80. The maximum atomic E-state index is 13.4. The van der Waals surface area contributed by atoms with E-state index in [0.717, 1.165) is 37.2 Å². The number of carbonyl (C=O) groups excluding carboxylic acids is 1. The maximum Gasteiger partial charge on any atom is 0.216 e. The fourth-order valence-corrected chi connectivity index (χ4v) is 6.07. The number of nitrogens with one attached hydrogen (secondary N) is 2. The van der Waals surface area contributed by atoms with Gasteiger partial charge in [-0.15, -0.1) is 4.72 Å². The fraction of sp³-hybridized carbons (Fsp3) is 0.467. The minimum Gasteiger partial charge on any atom is -0.598 e. The minimum absolute atomic E-state index is 0.0158. The lowest BCUT2D eigenvalue weighted by molar-refractivity contribution is 0.103. The Balaban J connectivity index is 1.41. The molecule has 9 nitrogen and oxygen atoms in total. The van der Waals surface area contributed by atoms with Gasteiger partial charge in [-0.05, 0) is 69.7 Å². The molecule has 0 bridgehead atoms. The number of ether oxygens (including phenoxy) is 1. The highest BCUT2D eigenvalue weighted by molar-refractivity contribution is 7.90. The largest absolute Gasteiger partial charge is 0.598 e. The molecule has 1 unspecified atom stereocenters. The Morgan fingerprint density at radius 2 is 1.83 bits per heavy atom. The molecule has 1 aliphatic rings. The Morgan fingerprint density at radius 3 is 2.43 bits per heavy atom. The summed E-state index contributed by atoms with van der Waals surface area (Å²) in [6, 6.07) is 9.22. The zero-order chi connectivity index (χ0) is 30.7. The molecule has 1 aliphatic heterocycles. The summed E-state index contributed by atoms with van der Waals surface area (Å²) in [5.41, 5.74) is 1.23. The van der Waals surface area contributed by atoms with Gasteiger partial charge in [0.2, 0.25) is 5.78 Å². The van der Waals surface area contributed by atoms with Gasteiger partial charge in [0.05, 0.1) is 24.4 Å². The monoisotopic (exact) mass is 632 g/mol. The normalized spacial score (nSPS) is 16.5. The van der Waals surface area contributed by atoms with Crippen LogP contribution in [0, 0.1) is 5.41 Å². The van der Waals surface area contributed by atoms with Gasteiger partial charge >= 0.3 is 0 Å². The number of piperidine rings is 1. The molecule has 1 fully saturated rings. The van der Waals surface area contributed by atoms with Crippen LogP contribution in [0.1, 0.15) is 69.1 Å². The van der Waals surface area contributed by atoms with Crippen molar-refractivity contribution in [2.75, 3.05) is 30.4 Å². The number of carbonyl (C=O) groups is 1. The molecule has 0 aliphatic carbocycles. The Bertz CT molecular complexity index is 1390. The van der Waals surface area contributed by atoms with Crippen LogP contribution in [-0.4, -0.2) is 56.3 Å². The molecule has 1 saturated heterocycles. The molecule has 2 N–H and O–H groups in total. The first-order valence-electron chi connectivity index (χ1n) is 13.8. The molecule has 0 amide bonds. The van der Waals surface area contributed by atoms with Crippen molar-refractivity contribution in [2.45, 2.75) is 64.8 Å². The van der Waals surface area contributed by atoms with Crippen LogP contribution in [0.3, 0.4) is 0 Å². The van der Waals surface area contributed by atoms with Gasteiger partial charge in [0, 0.05) is 42.8 Å². The molecule has 12 heteroatoms. The Morgan fingerprint density at radius 1 is 1.17 bits per heavy atom. The second kappa shape index (κ2) is 13.3. The van der Waals surface area contributed by atoms with Gasteiger partial charge in [0.25, 0.3) is 0 Å². The van der Waals surface area contributed by atoms with Crippen molar-refractivity contribution < 1.29 is 14.1 Å². The van der Waals surface area contributed by atoms with Crippen LogP contribution < -0.4 is 19.7 Å². The molecular formula is C30H38Cl2N6O3S. The third-order valence-corrected chi connectivity index (χ3v) is 10.1. The Kier molecular flexibility index (Phi) is 10.3. The summed E-state index contributed by atoms with van der Waals surface area (Å²) in [6.07, 6.45) is 4.85. The summed E-state index contributed by atoms with van der Waals surface area (Å²) in [4.78, 5) is 28.7. The number of rotatable bonds is 10. The van der Waals surface area contributed by atoms with Crippen LogP contribution in [0.4, 0.5) is 11.6 Å². The lowest BCUT2D eigenvalue weighted by Gasteiger charge is -2.44. The number of anilines is 2. The van der Waals surface area contributed by atoms with E-state index in [2.05, 4.69) is 43.7 Å². The van der Waals surface area contributed by atoms with Gasteiger partial charge in [0.1, 0.15) is 27.8 Å². The van der Waals surface area contributed by atoms with E-state index < -0.39 is 17.1 Å². The van der Waals surface area contributed by atoms with Crippen LogP contribution in [0.2, 0.25) is 10.2 Å². The molecule has 3 aromatic rings. The van der Waals surface area contributed by atoms with Gasteiger partial charge in [-0.25, -0.2) is 15.0 Å². The molecule has 0 radical (unpaired) electrons. The minimum atomic E-state index is -1.14. The molecule has 42 heavy (non-hydrogen) atoms. The van der Waals surface area contributed by atoms with Gasteiger partial charge in [-0.2, -0.15) is 0 Å². The summed E-state index contributed by atoms with van der Waals surface area (Å²) in [6.45, 7) is 12.2. The van der Waals surface area contributed by atoms with E-state index in [0.29, 0.717) is 18.2 Å². The predicted octanol–water partition coefficient (Wildman–Crippen LogP) is 6.08. The molecule has 226 valence electrons. The Hall–Kier alpha value is -2.63.